The molecule has 4 aromatic rings. The molecule has 0 aliphatic carbocycles. The Balaban J connectivity index is 1.30. The molecule has 0 radical (unpaired) electrons. The first-order chi connectivity index (χ1) is 16.5. The minimum Gasteiger partial charge on any atom is -0.397 e. The lowest BCUT2D eigenvalue weighted by atomic mass is 10.1. The van der Waals surface area contributed by atoms with Crippen LogP contribution in [0.2, 0.25) is 0 Å². The van der Waals surface area contributed by atoms with Crippen molar-refractivity contribution in [1.82, 2.24) is 9.97 Å². The summed E-state index contributed by atoms with van der Waals surface area (Å²) in [6, 6.07) is 15.7. The van der Waals surface area contributed by atoms with Crippen LogP contribution in [-0.2, 0) is 12.8 Å². The fraction of sp³-hybridized carbons (Fsp3) is 0.308. The monoisotopic (exact) mass is 460 g/mol. The predicted molar refractivity (Wildman–Crippen MR) is 137 cm³/mol. The molecule has 2 heterocycles. The van der Waals surface area contributed by atoms with E-state index < -0.39 is 0 Å². The number of imidazole rings is 2. The maximum absolute atomic E-state index is 6.09. The number of nitrogens with two attached hydrogens (primary N) is 2. The summed E-state index contributed by atoms with van der Waals surface area (Å²) < 4.78 is 4.47. The molecule has 0 saturated carbocycles. The number of para-hydroxylation sites is 4. The average molecular weight is 461 g/mol. The van der Waals surface area contributed by atoms with Gasteiger partial charge < -0.3 is 22.1 Å². The van der Waals surface area contributed by atoms with Gasteiger partial charge in [0.15, 0.2) is 12.3 Å². The normalized spacial score (nSPS) is 12.9. The largest absolute Gasteiger partial charge is 0.397 e. The van der Waals surface area contributed by atoms with E-state index in [9.17, 15) is 0 Å². The molecule has 8 nitrogen and oxygen atoms in total. The van der Waals surface area contributed by atoms with Crippen molar-refractivity contribution in [1.29, 1.82) is 0 Å². The quantitative estimate of drug-likeness (QED) is 0.116. The Morgan fingerprint density at radius 3 is 1.53 bits per heavy atom. The molecule has 0 aliphatic rings. The van der Waals surface area contributed by atoms with Crippen LogP contribution in [0.5, 0.6) is 0 Å². The van der Waals surface area contributed by atoms with Gasteiger partial charge in [-0.15, -0.1) is 0 Å². The number of aromatic nitrogens is 4. The summed E-state index contributed by atoms with van der Waals surface area (Å²) in [6.45, 7) is 4.28. The van der Waals surface area contributed by atoms with E-state index in [0.29, 0.717) is 0 Å². The Labute approximate surface area is 201 Å². The fourth-order valence-electron chi connectivity index (χ4n) is 4.32. The third-order valence-corrected chi connectivity index (χ3v) is 6.16. The van der Waals surface area contributed by atoms with Crippen LogP contribution in [0.25, 0.3) is 0 Å². The number of nitrogens with zero attached hydrogens (tertiary/aromatic N) is 2. The molecule has 8 heteroatoms. The van der Waals surface area contributed by atoms with E-state index in [-0.39, 0.29) is 12.3 Å². The summed E-state index contributed by atoms with van der Waals surface area (Å²) in [5, 5.41) is 7.01. The van der Waals surface area contributed by atoms with Crippen LogP contribution >= 0.6 is 0 Å². The lowest BCUT2D eigenvalue weighted by Crippen LogP contribution is -2.44. The molecule has 4 rings (SSSR count). The van der Waals surface area contributed by atoms with E-state index in [1.165, 1.54) is 11.6 Å². The highest BCUT2D eigenvalue weighted by Gasteiger charge is 2.19. The summed E-state index contributed by atoms with van der Waals surface area (Å²) in [4.78, 5) is 6.80. The molecule has 0 aliphatic heterocycles. The van der Waals surface area contributed by atoms with Crippen molar-refractivity contribution in [3.8, 4) is 0 Å². The standard InChI is InChI=1S/C26H34N8/c1-19(31-23-11-5-3-9-21(23)27)33-17-15-29-25(33)13-7-8-14-26-30-16-18-34(26)20(2)32-24-12-6-4-10-22(24)28/h3-6,9-12,15-20,31-32H,7-8,13-14,27-28H2,1-2H3/p+2. The molecule has 0 amide bonds. The van der Waals surface area contributed by atoms with Crippen molar-refractivity contribution in [2.75, 3.05) is 22.1 Å². The van der Waals surface area contributed by atoms with Crippen LogP contribution in [0.3, 0.4) is 0 Å². The lowest BCUT2D eigenvalue weighted by molar-refractivity contribution is -0.720. The number of rotatable bonds is 11. The number of anilines is 4. The average Bonchev–Trinajstić information content (AvgIpc) is 3.49. The van der Waals surface area contributed by atoms with Gasteiger partial charge in [-0.2, -0.15) is 0 Å². The number of unbranched alkanes of at least 4 members (excludes halogenated alkanes) is 1. The smallest absolute Gasteiger partial charge is 0.255 e. The van der Waals surface area contributed by atoms with E-state index >= 15 is 0 Å². The lowest BCUT2D eigenvalue weighted by Gasteiger charge is -2.16. The first kappa shape index (κ1) is 23.2. The van der Waals surface area contributed by atoms with Gasteiger partial charge >= 0.3 is 0 Å². The molecule has 34 heavy (non-hydrogen) atoms. The van der Waals surface area contributed by atoms with Gasteiger partial charge in [0, 0.05) is 12.8 Å². The van der Waals surface area contributed by atoms with E-state index in [4.69, 9.17) is 11.5 Å². The van der Waals surface area contributed by atoms with Gasteiger partial charge in [0.25, 0.3) is 11.6 Å². The van der Waals surface area contributed by atoms with E-state index in [1.54, 1.807) is 0 Å². The molecule has 178 valence electrons. The number of aryl methyl sites for hydroxylation is 2. The third-order valence-electron chi connectivity index (χ3n) is 6.16. The van der Waals surface area contributed by atoms with Crippen LogP contribution in [0, 0.1) is 0 Å². The predicted octanol–water partition coefficient (Wildman–Crippen LogP) is 3.91. The minimum absolute atomic E-state index is 0.0915. The zero-order valence-electron chi connectivity index (χ0n) is 20.0. The highest BCUT2D eigenvalue weighted by Crippen LogP contribution is 2.20. The van der Waals surface area contributed by atoms with Gasteiger partial charge in [0.2, 0.25) is 0 Å². The van der Waals surface area contributed by atoms with Crippen LogP contribution in [-0.4, -0.2) is 9.97 Å². The minimum atomic E-state index is 0.0915. The zero-order valence-corrected chi connectivity index (χ0v) is 20.0. The molecular formula is C26H36N8+2. The van der Waals surface area contributed by atoms with Crippen molar-refractivity contribution in [3.05, 3.63) is 85.0 Å². The molecule has 0 bridgehead atoms. The van der Waals surface area contributed by atoms with Crippen molar-refractivity contribution < 1.29 is 9.13 Å². The first-order valence-corrected chi connectivity index (χ1v) is 11.9. The Morgan fingerprint density at radius 2 is 1.12 bits per heavy atom. The molecule has 8 N–H and O–H groups in total. The number of nitrogens with one attached hydrogen (secondary N) is 4. The summed E-state index contributed by atoms with van der Waals surface area (Å²) in [5.41, 5.74) is 15.6. The highest BCUT2D eigenvalue weighted by molar-refractivity contribution is 5.66. The van der Waals surface area contributed by atoms with Gasteiger partial charge in [-0.3, -0.25) is 0 Å². The van der Waals surface area contributed by atoms with Gasteiger partial charge in [-0.25, -0.2) is 19.1 Å². The Kier molecular flexibility index (Phi) is 7.37. The molecule has 2 atom stereocenters. The molecule has 2 unspecified atom stereocenters. The molecule has 2 aromatic carbocycles. The number of hydrogen-bond acceptors (Lipinski definition) is 4. The molecular weight excluding hydrogens is 424 g/mol. The maximum atomic E-state index is 6.09. The SMILES string of the molecule is CC(Nc1ccccc1N)[n+]1cc[nH]c1CCCCc1[nH]cc[n+]1C(C)Nc1ccccc1N. The summed E-state index contributed by atoms with van der Waals surface area (Å²) >= 11 is 0. The second-order valence-corrected chi connectivity index (χ2v) is 8.65. The van der Waals surface area contributed by atoms with Crippen molar-refractivity contribution in [2.45, 2.75) is 51.9 Å². The van der Waals surface area contributed by atoms with Crippen LogP contribution in [0.1, 0.15) is 50.7 Å². The van der Waals surface area contributed by atoms with Crippen molar-refractivity contribution in [3.63, 3.8) is 0 Å². The van der Waals surface area contributed by atoms with Gasteiger partial charge in [0.05, 0.1) is 22.7 Å². The summed E-state index contributed by atoms with van der Waals surface area (Å²) in [6.07, 6.45) is 12.4. The van der Waals surface area contributed by atoms with Gasteiger partial charge in [0.1, 0.15) is 24.8 Å². The van der Waals surface area contributed by atoms with Crippen LogP contribution in [0.15, 0.2) is 73.3 Å². The second kappa shape index (κ2) is 10.8. The highest BCUT2D eigenvalue weighted by atomic mass is 15.2. The summed E-state index contributed by atoms with van der Waals surface area (Å²) in [5.74, 6) is 2.40. The number of hydrogen-bond donors (Lipinski definition) is 6. The number of nitrogen functional groups attached to an aromatic ring is 2. The Morgan fingerprint density at radius 1 is 0.706 bits per heavy atom. The van der Waals surface area contributed by atoms with E-state index in [0.717, 1.165) is 48.4 Å². The fourth-order valence-corrected chi connectivity index (χ4v) is 4.32. The van der Waals surface area contributed by atoms with Crippen LogP contribution in [0.4, 0.5) is 22.7 Å². The number of aromatic amines is 2. The first-order valence-electron chi connectivity index (χ1n) is 11.9. The van der Waals surface area contributed by atoms with E-state index in [1.807, 2.05) is 60.9 Å². The van der Waals surface area contributed by atoms with E-state index in [2.05, 4.69) is 56.0 Å². The zero-order chi connectivity index (χ0) is 23.9. The Hall–Kier alpha value is -3.94. The van der Waals surface area contributed by atoms with Gasteiger partial charge in [-0.1, -0.05) is 24.3 Å². The topological polar surface area (TPSA) is 115 Å². The Bertz CT molecular complexity index is 1100. The van der Waals surface area contributed by atoms with Crippen LogP contribution < -0.4 is 31.2 Å². The van der Waals surface area contributed by atoms with Crippen molar-refractivity contribution >= 4 is 22.7 Å². The van der Waals surface area contributed by atoms with Gasteiger partial charge in [-0.05, 0) is 51.0 Å². The molecule has 0 spiro atoms. The number of benzene rings is 2. The third kappa shape index (κ3) is 5.51. The molecule has 0 saturated heterocycles. The molecule has 0 fully saturated rings. The maximum Gasteiger partial charge on any atom is 0.255 e. The van der Waals surface area contributed by atoms with Crippen molar-refractivity contribution in [2.24, 2.45) is 0 Å². The summed E-state index contributed by atoms with van der Waals surface area (Å²) in [7, 11) is 0. The number of H-pyrrole nitrogens is 2. The molecule has 2 aromatic heterocycles. The second-order valence-electron chi connectivity index (χ2n) is 8.65.